The molecule has 0 aliphatic carbocycles. The Kier molecular flexibility index (Phi) is 8.76. The number of hydrogen-bond acceptors (Lipinski definition) is 10. The van der Waals surface area contributed by atoms with Crippen LogP contribution in [0.4, 0.5) is 16.2 Å². The largest absolute Gasteiger partial charge is 0.466 e. The van der Waals surface area contributed by atoms with Crippen LogP contribution < -0.4 is 20.9 Å². The van der Waals surface area contributed by atoms with Crippen LogP contribution in [0.2, 0.25) is 0 Å². The molecule has 3 N–H and O–H groups in total. The minimum atomic E-state index is -0.963. The average molecular weight is 574 g/mol. The number of carbonyl (C=O) groups is 3. The smallest absolute Gasteiger partial charge is 0.407 e. The first-order chi connectivity index (χ1) is 20.0. The van der Waals surface area contributed by atoms with E-state index in [9.17, 15) is 19.6 Å². The Morgan fingerprint density at radius 3 is 2.19 bits per heavy atom. The maximum absolute atomic E-state index is 13.5. The number of hydrogen-bond donors (Lipinski definition) is 2. The van der Waals surface area contributed by atoms with Crippen molar-refractivity contribution in [2.45, 2.75) is 44.8 Å². The topological polar surface area (TPSA) is 147 Å². The Labute approximate surface area is 245 Å². The van der Waals surface area contributed by atoms with E-state index in [2.05, 4.69) is 11.4 Å². The maximum Gasteiger partial charge on any atom is 0.407 e. The van der Waals surface area contributed by atoms with Gasteiger partial charge in [-0.25, -0.2) is 14.4 Å². The lowest BCUT2D eigenvalue weighted by atomic mass is 9.81. The molecule has 2 atom stereocenters. The standard InChI is InChI=1S/C31H35N5O6/c1-31(2,3)42-30(39)34-20-15-16-35(18-20)22-13-9-10-14-23(22)36-26(29(38)41-5)25(28(37)40-4)24(21(17-32)27(36)33)19-11-7-6-8-12-19/h6-14,20,24H,15-16,18,33H2,1-5H3,(H,34,39). The Morgan fingerprint density at radius 2 is 1.60 bits per heavy atom. The van der Waals surface area contributed by atoms with Crippen LogP contribution in [0.15, 0.2) is 77.3 Å². The number of alkyl carbamates (subject to hydrolysis) is 1. The summed E-state index contributed by atoms with van der Waals surface area (Å²) in [5, 5.41) is 13.2. The summed E-state index contributed by atoms with van der Waals surface area (Å²) >= 11 is 0. The summed E-state index contributed by atoms with van der Waals surface area (Å²) in [4.78, 5) is 42.6. The third-order valence-electron chi connectivity index (χ3n) is 6.98. The summed E-state index contributed by atoms with van der Waals surface area (Å²) in [6, 6.07) is 18.0. The minimum absolute atomic E-state index is 0.0190. The van der Waals surface area contributed by atoms with Gasteiger partial charge in [-0.05, 0) is 44.9 Å². The van der Waals surface area contributed by atoms with Crippen molar-refractivity contribution in [3.05, 3.63) is 82.8 Å². The van der Waals surface area contributed by atoms with Crippen LogP contribution in [0.1, 0.15) is 38.7 Å². The molecule has 11 heteroatoms. The van der Waals surface area contributed by atoms with Gasteiger partial charge >= 0.3 is 18.0 Å². The van der Waals surface area contributed by atoms with Gasteiger partial charge in [-0.2, -0.15) is 5.26 Å². The first-order valence-electron chi connectivity index (χ1n) is 13.5. The lowest BCUT2D eigenvalue weighted by Crippen LogP contribution is -2.42. The van der Waals surface area contributed by atoms with E-state index in [0.29, 0.717) is 36.4 Å². The molecule has 2 aliphatic rings. The first-order valence-corrected chi connectivity index (χ1v) is 13.5. The number of para-hydroxylation sites is 2. The number of anilines is 2. The highest BCUT2D eigenvalue weighted by Crippen LogP contribution is 2.45. The van der Waals surface area contributed by atoms with E-state index in [4.69, 9.17) is 19.9 Å². The number of esters is 2. The number of allylic oxidation sites excluding steroid dienone is 1. The van der Waals surface area contributed by atoms with Crippen LogP contribution in [0, 0.1) is 11.3 Å². The van der Waals surface area contributed by atoms with E-state index in [1.807, 2.05) is 17.0 Å². The third-order valence-corrected chi connectivity index (χ3v) is 6.98. The van der Waals surface area contributed by atoms with Crippen molar-refractivity contribution in [1.82, 2.24) is 5.32 Å². The number of amides is 1. The van der Waals surface area contributed by atoms with Gasteiger partial charge in [0.25, 0.3) is 0 Å². The molecule has 2 aromatic carbocycles. The zero-order valence-electron chi connectivity index (χ0n) is 24.3. The van der Waals surface area contributed by atoms with Gasteiger partial charge in [0.05, 0.1) is 54.8 Å². The molecule has 0 saturated carbocycles. The fourth-order valence-corrected chi connectivity index (χ4v) is 5.26. The van der Waals surface area contributed by atoms with E-state index in [-0.39, 0.29) is 28.7 Å². The summed E-state index contributed by atoms with van der Waals surface area (Å²) in [6.45, 7) is 6.42. The molecule has 2 aromatic rings. The van der Waals surface area contributed by atoms with Gasteiger partial charge in [0.1, 0.15) is 17.1 Å². The number of nitrogens with zero attached hydrogens (tertiary/aromatic N) is 3. The molecule has 2 unspecified atom stereocenters. The lowest BCUT2D eigenvalue weighted by Gasteiger charge is -2.37. The molecule has 220 valence electrons. The molecule has 4 rings (SSSR count). The first kappa shape index (κ1) is 30.0. The summed E-state index contributed by atoms with van der Waals surface area (Å²) < 4.78 is 15.7. The van der Waals surface area contributed by atoms with Gasteiger partial charge in [-0.15, -0.1) is 0 Å². The van der Waals surface area contributed by atoms with Gasteiger partial charge in [0.2, 0.25) is 0 Å². The number of nitriles is 1. The molecule has 0 bridgehead atoms. The third kappa shape index (κ3) is 6.02. The minimum Gasteiger partial charge on any atom is -0.466 e. The molecule has 1 amide bonds. The number of benzene rings is 2. The molecule has 0 spiro atoms. The number of carbonyl (C=O) groups excluding carboxylic acids is 3. The van der Waals surface area contributed by atoms with Crippen molar-refractivity contribution in [3.63, 3.8) is 0 Å². The summed E-state index contributed by atoms with van der Waals surface area (Å²) in [5.74, 6) is -2.60. The Bertz CT molecular complexity index is 1470. The van der Waals surface area contributed by atoms with Crippen LogP contribution in [-0.4, -0.2) is 57.0 Å². The molecule has 1 fully saturated rings. The van der Waals surface area contributed by atoms with Gasteiger partial charge in [0, 0.05) is 13.1 Å². The second kappa shape index (κ2) is 12.3. The van der Waals surface area contributed by atoms with Gasteiger partial charge < -0.3 is 30.2 Å². The van der Waals surface area contributed by atoms with Crippen molar-refractivity contribution in [2.24, 2.45) is 5.73 Å². The lowest BCUT2D eigenvalue weighted by molar-refractivity contribution is -0.139. The Balaban J connectivity index is 1.83. The number of rotatable bonds is 6. The number of nitrogens with one attached hydrogen (secondary N) is 1. The van der Waals surface area contributed by atoms with Crippen LogP contribution in [0.25, 0.3) is 0 Å². The number of nitrogens with two attached hydrogens (primary N) is 1. The van der Waals surface area contributed by atoms with Crippen molar-refractivity contribution in [1.29, 1.82) is 5.26 Å². The average Bonchev–Trinajstić information content (AvgIpc) is 3.43. The van der Waals surface area contributed by atoms with E-state index < -0.39 is 29.6 Å². The molecule has 0 radical (unpaired) electrons. The molecular formula is C31H35N5O6. The van der Waals surface area contributed by atoms with E-state index in [0.717, 1.165) is 0 Å². The second-order valence-corrected chi connectivity index (χ2v) is 10.9. The van der Waals surface area contributed by atoms with E-state index in [1.165, 1.54) is 19.1 Å². The fraction of sp³-hybridized carbons (Fsp3) is 0.355. The highest BCUT2D eigenvalue weighted by atomic mass is 16.6. The van der Waals surface area contributed by atoms with E-state index in [1.54, 1.807) is 63.2 Å². The van der Waals surface area contributed by atoms with Gasteiger partial charge in [0.15, 0.2) is 0 Å². The summed E-state index contributed by atoms with van der Waals surface area (Å²) in [7, 11) is 2.42. The molecule has 1 saturated heterocycles. The van der Waals surface area contributed by atoms with Crippen LogP contribution in [0.5, 0.6) is 0 Å². The molecule has 0 aromatic heterocycles. The number of ether oxygens (including phenoxy) is 3. The predicted molar refractivity (Wildman–Crippen MR) is 156 cm³/mol. The molecule has 2 heterocycles. The van der Waals surface area contributed by atoms with Crippen LogP contribution in [-0.2, 0) is 23.8 Å². The molecule has 2 aliphatic heterocycles. The van der Waals surface area contributed by atoms with Gasteiger partial charge in [-0.3, -0.25) is 4.90 Å². The normalized spacial score (nSPS) is 18.9. The van der Waals surface area contributed by atoms with Crippen molar-refractivity contribution in [2.75, 3.05) is 37.1 Å². The molecule has 42 heavy (non-hydrogen) atoms. The zero-order valence-corrected chi connectivity index (χ0v) is 24.3. The van der Waals surface area contributed by atoms with Gasteiger partial charge in [-0.1, -0.05) is 42.5 Å². The van der Waals surface area contributed by atoms with Crippen molar-refractivity contribution in [3.8, 4) is 6.07 Å². The van der Waals surface area contributed by atoms with E-state index >= 15 is 0 Å². The van der Waals surface area contributed by atoms with Crippen LogP contribution in [0.3, 0.4) is 0 Å². The molecule has 11 nitrogen and oxygen atoms in total. The predicted octanol–water partition coefficient (Wildman–Crippen LogP) is 3.69. The second-order valence-electron chi connectivity index (χ2n) is 10.9. The Morgan fingerprint density at radius 1 is 0.976 bits per heavy atom. The Hall–Kier alpha value is -4.98. The fourth-order valence-electron chi connectivity index (χ4n) is 5.26. The maximum atomic E-state index is 13.5. The summed E-state index contributed by atoms with van der Waals surface area (Å²) in [5.41, 5.74) is 7.65. The monoisotopic (exact) mass is 573 g/mol. The SMILES string of the molecule is COC(=O)C1=C(C(=O)OC)N(c2ccccc2N2CCC(NC(=O)OC(C)(C)C)C2)C(N)=C(C#N)C1c1ccccc1. The highest BCUT2D eigenvalue weighted by Gasteiger charge is 2.44. The number of methoxy groups -OCH3 is 2. The quantitative estimate of drug-likeness (QED) is 0.387. The van der Waals surface area contributed by atoms with Crippen molar-refractivity contribution < 1.29 is 28.6 Å². The summed E-state index contributed by atoms with van der Waals surface area (Å²) in [6.07, 6.45) is 0.140. The zero-order chi connectivity index (χ0) is 30.6. The molecular weight excluding hydrogens is 538 g/mol. The highest BCUT2D eigenvalue weighted by molar-refractivity contribution is 6.07. The van der Waals surface area contributed by atoms with Crippen LogP contribution >= 0.6 is 0 Å². The van der Waals surface area contributed by atoms with Crippen molar-refractivity contribution >= 4 is 29.4 Å².